The van der Waals surface area contributed by atoms with Gasteiger partial charge in [0, 0.05) is 0 Å². The van der Waals surface area contributed by atoms with Crippen LogP contribution in [0.3, 0.4) is 0 Å². The predicted octanol–water partition coefficient (Wildman–Crippen LogP) is 1.28. The second-order valence-electron chi connectivity index (χ2n) is 3.23. The number of anilines is 1. The van der Waals surface area contributed by atoms with Crippen molar-refractivity contribution >= 4 is 11.6 Å². The van der Waals surface area contributed by atoms with Gasteiger partial charge in [0.05, 0.1) is 17.9 Å². The molecule has 0 saturated heterocycles. The lowest BCUT2D eigenvalue weighted by Gasteiger charge is -2.12. The van der Waals surface area contributed by atoms with Crippen LogP contribution >= 0.6 is 0 Å². The Bertz CT molecular complexity index is 435. The molecule has 0 aromatic heterocycles. The quantitative estimate of drug-likeness (QED) is 0.619. The van der Waals surface area contributed by atoms with Crippen molar-refractivity contribution in [2.24, 2.45) is 5.73 Å². The predicted molar refractivity (Wildman–Crippen MR) is 56.9 cm³/mol. The highest BCUT2D eigenvalue weighted by Crippen LogP contribution is 2.26. The first kappa shape index (κ1) is 14.1. The van der Waals surface area contributed by atoms with Gasteiger partial charge in [0.1, 0.15) is 6.61 Å². The summed E-state index contributed by atoms with van der Waals surface area (Å²) in [6, 6.07) is 4.28. The van der Waals surface area contributed by atoms with Gasteiger partial charge in [-0.3, -0.25) is 9.53 Å². The highest BCUT2D eigenvalue weighted by molar-refractivity contribution is 5.97. The van der Waals surface area contributed by atoms with Crippen LogP contribution in [0.4, 0.5) is 18.9 Å². The third-order valence-corrected chi connectivity index (χ3v) is 1.91. The van der Waals surface area contributed by atoms with Gasteiger partial charge in [-0.05, 0) is 12.1 Å². The molecule has 1 aromatic carbocycles. The first-order valence-corrected chi connectivity index (χ1v) is 4.83. The van der Waals surface area contributed by atoms with Crippen molar-refractivity contribution in [2.75, 3.05) is 18.9 Å². The summed E-state index contributed by atoms with van der Waals surface area (Å²) in [6.45, 7) is -1.12. The number of para-hydroxylation sites is 1. The Labute approximate surface area is 100 Å². The van der Waals surface area contributed by atoms with E-state index in [1.165, 1.54) is 18.2 Å². The Morgan fingerprint density at radius 1 is 1.28 bits per heavy atom. The summed E-state index contributed by atoms with van der Waals surface area (Å²) in [4.78, 5) is 11.0. The summed E-state index contributed by atoms with van der Waals surface area (Å²) in [7, 11) is 0. The molecule has 0 unspecified atom stereocenters. The van der Waals surface area contributed by atoms with E-state index in [0.717, 1.165) is 0 Å². The number of nitrogens with two attached hydrogens (primary N) is 2. The standard InChI is InChI=1S/C10H11F3N2O3/c11-10(12,13)18-5-4-17-8-6(9(15)16)2-1-3-7(8)14/h1-3H,4-5,14H2,(H2,15,16). The van der Waals surface area contributed by atoms with Gasteiger partial charge in [0.2, 0.25) is 0 Å². The van der Waals surface area contributed by atoms with Crippen molar-refractivity contribution in [3.63, 3.8) is 0 Å². The van der Waals surface area contributed by atoms with Gasteiger partial charge in [-0.15, -0.1) is 13.2 Å². The second-order valence-corrected chi connectivity index (χ2v) is 3.23. The monoisotopic (exact) mass is 264 g/mol. The van der Waals surface area contributed by atoms with Crippen LogP contribution in [0, 0.1) is 0 Å². The number of carbonyl (C=O) groups is 1. The number of benzene rings is 1. The van der Waals surface area contributed by atoms with E-state index in [9.17, 15) is 18.0 Å². The number of hydrogen-bond acceptors (Lipinski definition) is 4. The molecule has 4 N–H and O–H groups in total. The molecule has 0 fully saturated rings. The summed E-state index contributed by atoms with van der Waals surface area (Å²) < 4.78 is 43.6. The average molecular weight is 264 g/mol. The van der Waals surface area contributed by atoms with Crippen LogP contribution in [-0.2, 0) is 4.74 Å². The zero-order chi connectivity index (χ0) is 13.8. The highest BCUT2D eigenvalue weighted by atomic mass is 19.4. The topological polar surface area (TPSA) is 87.6 Å². The summed E-state index contributed by atoms with van der Waals surface area (Å²) in [5.41, 5.74) is 10.7. The van der Waals surface area contributed by atoms with Gasteiger partial charge >= 0.3 is 6.36 Å². The van der Waals surface area contributed by atoms with Crippen LogP contribution in [0.25, 0.3) is 0 Å². The summed E-state index contributed by atoms with van der Waals surface area (Å²) in [5.74, 6) is -0.829. The molecule has 0 aliphatic carbocycles. The van der Waals surface area contributed by atoms with Crippen LogP contribution in [0.2, 0.25) is 0 Å². The van der Waals surface area contributed by atoms with Gasteiger partial charge < -0.3 is 16.2 Å². The van der Waals surface area contributed by atoms with Crippen molar-refractivity contribution in [3.8, 4) is 5.75 Å². The molecule has 8 heteroatoms. The van der Waals surface area contributed by atoms with Crippen molar-refractivity contribution in [1.29, 1.82) is 0 Å². The molecule has 0 saturated carbocycles. The van der Waals surface area contributed by atoms with Crippen molar-refractivity contribution < 1.29 is 27.4 Å². The zero-order valence-corrected chi connectivity index (χ0v) is 9.16. The summed E-state index contributed by atoms with van der Waals surface area (Å²) in [5, 5.41) is 0. The molecule has 100 valence electrons. The number of carbonyl (C=O) groups excluding carboxylic acids is 1. The fraction of sp³-hybridized carbons (Fsp3) is 0.300. The molecule has 1 aromatic rings. The van der Waals surface area contributed by atoms with Gasteiger partial charge in [0.15, 0.2) is 5.75 Å². The molecule has 0 spiro atoms. The Kier molecular flexibility index (Phi) is 4.38. The number of alkyl halides is 3. The smallest absolute Gasteiger partial charge is 0.488 e. The third-order valence-electron chi connectivity index (χ3n) is 1.91. The van der Waals surface area contributed by atoms with Gasteiger partial charge in [-0.2, -0.15) is 0 Å². The molecule has 0 aliphatic heterocycles. The fourth-order valence-corrected chi connectivity index (χ4v) is 1.21. The molecule has 5 nitrogen and oxygen atoms in total. The van der Waals surface area contributed by atoms with Crippen LogP contribution < -0.4 is 16.2 Å². The number of hydrogen-bond donors (Lipinski definition) is 2. The number of ether oxygens (including phenoxy) is 2. The normalized spacial score (nSPS) is 11.3. The Balaban J connectivity index is 2.64. The maximum absolute atomic E-state index is 11.7. The number of amides is 1. The zero-order valence-electron chi connectivity index (χ0n) is 9.16. The molecule has 0 atom stereocenters. The van der Waals surface area contributed by atoms with E-state index in [1.54, 1.807) is 0 Å². The van der Waals surface area contributed by atoms with Gasteiger partial charge in [0.25, 0.3) is 5.91 Å². The second kappa shape index (κ2) is 5.58. The lowest BCUT2D eigenvalue weighted by atomic mass is 10.1. The minimum absolute atomic E-state index is 0.00186. The van der Waals surface area contributed by atoms with E-state index >= 15 is 0 Å². The maximum Gasteiger partial charge on any atom is 0.522 e. The minimum Gasteiger partial charge on any atom is -0.488 e. The van der Waals surface area contributed by atoms with Crippen molar-refractivity contribution in [2.45, 2.75) is 6.36 Å². The highest BCUT2D eigenvalue weighted by Gasteiger charge is 2.28. The molecule has 18 heavy (non-hydrogen) atoms. The molecule has 0 aliphatic rings. The lowest BCUT2D eigenvalue weighted by molar-refractivity contribution is -0.325. The van der Waals surface area contributed by atoms with Crippen molar-refractivity contribution in [3.05, 3.63) is 23.8 Å². The maximum atomic E-state index is 11.7. The molecule has 1 rings (SSSR count). The van der Waals surface area contributed by atoms with Gasteiger partial charge in [-0.25, -0.2) is 0 Å². The Morgan fingerprint density at radius 3 is 2.50 bits per heavy atom. The van der Waals surface area contributed by atoms with E-state index in [4.69, 9.17) is 16.2 Å². The molecular weight excluding hydrogens is 253 g/mol. The molecule has 1 amide bonds. The van der Waals surface area contributed by atoms with Crippen molar-refractivity contribution in [1.82, 2.24) is 0 Å². The summed E-state index contributed by atoms with van der Waals surface area (Å²) >= 11 is 0. The first-order chi connectivity index (χ1) is 8.31. The van der Waals surface area contributed by atoms with Crippen LogP contribution in [0.1, 0.15) is 10.4 Å². The first-order valence-electron chi connectivity index (χ1n) is 4.83. The van der Waals surface area contributed by atoms with E-state index in [0.29, 0.717) is 0 Å². The molecular formula is C10H11F3N2O3. The molecule has 0 heterocycles. The van der Waals surface area contributed by atoms with Gasteiger partial charge in [-0.1, -0.05) is 6.07 Å². The largest absolute Gasteiger partial charge is 0.522 e. The number of halogens is 3. The molecule has 0 radical (unpaired) electrons. The Morgan fingerprint density at radius 2 is 1.94 bits per heavy atom. The van der Waals surface area contributed by atoms with E-state index in [2.05, 4.69) is 4.74 Å². The Hall–Kier alpha value is -1.96. The van der Waals surface area contributed by atoms with Crippen LogP contribution in [0.15, 0.2) is 18.2 Å². The van der Waals surface area contributed by atoms with E-state index in [1.807, 2.05) is 0 Å². The van der Waals surface area contributed by atoms with Crippen LogP contribution in [-0.4, -0.2) is 25.5 Å². The number of primary amides is 1. The third kappa shape index (κ3) is 4.13. The minimum atomic E-state index is -4.72. The lowest BCUT2D eigenvalue weighted by Crippen LogP contribution is -2.20. The average Bonchev–Trinajstić information content (AvgIpc) is 2.24. The van der Waals surface area contributed by atoms with E-state index in [-0.39, 0.29) is 17.0 Å². The SMILES string of the molecule is NC(=O)c1cccc(N)c1OCCOC(F)(F)F. The van der Waals surface area contributed by atoms with Crippen LogP contribution in [0.5, 0.6) is 5.75 Å². The van der Waals surface area contributed by atoms with E-state index < -0.39 is 25.5 Å². The molecule has 0 bridgehead atoms. The fourth-order valence-electron chi connectivity index (χ4n) is 1.21. The number of rotatable bonds is 5. The number of nitrogen functional groups attached to an aromatic ring is 1. The summed E-state index contributed by atoms with van der Waals surface area (Å²) in [6.07, 6.45) is -4.72.